The van der Waals surface area contributed by atoms with Gasteiger partial charge in [0.05, 0.1) is 36.4 Å². The van der Waals surface area contributed by atoms with Gasteiger partial charge in [-0.3, -0.25) is 19.4 Å². The van der Waals surface area contributed by atoms with Crippen LogP contribution in [0.4, 0.5) is 4.39 Å². The monoisotopic (exact) mass is 602 g/mol. The minimum absolute atomic E-state index is 0.125. The number of hydrogen-bond donors (Lipinski definition) is 1. The molecule has 7 rings (SSSR count). The van der Waals surface area contributed by atoms with Gasteiger partial charge in [0.25, 0.3) is 0 Å². The van der Waals surface area contributed by atoms with Gasteiger partial charge in [-0.2, -0.15) is 0 Å². The van der Waals surface area contributed by atoms with E-state index in [4.69, 9.17) is 26.1 Å². The number of hydrogen-bond acceptors (Lipinski definition) is 8. The van der Waals surface area contributed by atoms with E-state index in [1.807, 2.05) is 24.3 Å². The Kier molecular flexibility index (Phi) is 7.52. The number of H-pyrrole nitrogens is 1. The van der Waals surface area contributed by atoms with Crippen LogP contribution < -0.4 is 10.5 Å². The SMILES string of the molecule is O=c1[nH]c(-c2cc3nc(CN4CC=C(c5cccc(OCc6ccc(Cl)cc6F)c5)CC4)n(C[C@@H]4CCO4)c3cn2)no1. The average Bonchev–Trinajstić information content (AvgIpc) is 3.57. The van der Waals surface area contributed by atoms with Crippen molar-refractivity contribution >= 4 is 28.2 Å². The van der Waals surface area contributed by atoms with E-state index in [0.717, 1.165) is 55.0 Å². The smallest absolute Gasteiger partial charge is 0.439 e. The fraction of sp³-hybridized carbons (Fsp3) is 0.290. The lowest BCUT2D eigenvalue weighted by molar-refractivity contribution is -0.0591. The first-order valence-electron chi connectivity index (χ1n) is 14.1. The minimum atomic E-state index is -0.629. The van der Waals surface area contributed by atoms with Gasteiger partial charge >= 0.3 is 5.76 Å². The van der Waals surface area contributed by atoms with Crippen LogP contribution in [0.5, 0.6) is 5.75 Å². The fourth-order valence-electron chi connectivity index (χ4n) is 5.40. The van der Waals surface area contributed by atoms with Crippen LogP contribution in [0.3, 0.4) is 0 Å². The van der Waals surface area contributed by atoms with Gasteiger partial charge in [-0.1, -0.05) is 41.0 Å². The lowest BCUT2D eigenvalue weighted by atomic mass is 9.99. The molecule has 10 nitrogen and oxygen atoms in total. The van der Waals surface area contributed by atoms with Crippen LogP contribution in [0.2, 0.25) is 5.02 Å². The molecule has 0 bridgehead atoms. The van der Waals surface area contributed by atoms with Crippen LogP contribution in [-0.2, 0) is 24.4 Å². The number of fused-ring (bicyclic) bond motifs is 1. The highest BCUT2D eigenvalue weighted by atomic mass is 35.5. The van der Waals surface area contributed by atoms with Crippen molar-refractivity contribution in [3.8, 4) is 17.3 Å². The van der Waals surface area contributed by atoms with Crippen LogP contribution in [0.25, 0.3) is 28.1 Å². The first-order valence-corrected chi connectivity index (χ1v) is 14.5. The Morgan fingerprint density at radius 2 is 2.09 bits per heavy atom. The van der Waals surface area contributed by atoms with E-state index in [2.05, 4.69) is 41.3 Å². The highest BCUT2D eigenvalue weighted by Gasteiger charge is 2.24. The Labute approximate surface area is 250 Å². The van der Waals surface area contributed by atoms with Crippen molar-refractivity contribution in [3.63, 3.8) is 0 Å². The van der Waals surface area contributed by atoms with E-state index in [9.17, 15) is 9.18 Å². The quantitative estimate of drug-likeness (QED) is 0.244. The van der Waals surface area contributed by atoms with Crippen molar-refractivity contribution in [2.75, 3.05) is 19.7 Å². The summed E-state index contributed by atoms with van der Waals surface area (Å²) in [6.07, 6.45) is 6.03. The maximum Gasteiger partial charge on any atom is 0.439 e. The van der Waals surface area contributed by atoms with Crippen LogP contribution in [0.15, 0.2) is 70.1 Å². The zero-order valence-corrected chi connectivity index (χ0v) is 23.9. The lowest BCUT2D eigenvalue weighted by Crippen LogP contribution is -2.33. The predicted octanol–water partition coefficient (Wildman–Crippen LogP) is 5.22. The van der Waals surface area contributed by atoms with Gasteiger partial charge in [0.15, 0.2) is 0 Å². The first-order chi connectivity index (χ1) is 21.0. The van der Waals surface area contributed by atoms with E-state index in [0.29, 0.717) is 35.1 Å². The molecule has 43 heavy (non-hydrogen) atoms. The summed E-state index contributed by atoms with van der Waals surface area (Å²) in [4.78, 5) is 25.8. The number of aromatic amines is 1. The third kappa shape index (κ3) is 5.96. The number of nitrogens with one attached hydrogen (secondary N) is 1. The normalized spacial score (nSPS) is 17.2. The second-order valence-corrected chi connectivity index (χ2v) is 11.1. The zero-order chi connectivity index (χ0) is 29.3. The van der Waals surface area contributed by atoms with Gasteiger partial charge in [-0.25, -0.2) is 14.2 Å². The number of rotatable bonds is 9. The highest BCUT2D eigenvalue weighted by molar-refractivity contribution is 6.30. The van der Waals surface area contributed by atoms with Crippen molar-refractivity contribution < 1.29 is 18.4 Å². The maximum atomic E-state index is 14.2. The molecular formula is C31H28ClFN6O4. The molecule has 1 saturated heterocycles. The number of halogens is 2. The van der Waals surface area contributed by atoms with E-state index >= 15 is 0 Å². The van der Waals surface area contributed by atoms with Crippen molar-refractivity contribution in [2.45, 2.75) is 38.6 Å². The Bertz CT molecular complexity index is 1880. The third-order valence-corrected chi connectivity index (χ3v) is 8.08. The molecule has 12 heteroatoms. The number of aromatic nitrogens is 5. The van der Waals surface area contributed by atoms with Crippen LogP contribution in [0, 0.1) is 5.82 Å². The van der Waals surface area contributed by atoms with Gasteiger partial charge < -0.3 is 14.0 Å². The van der Waals surface area contributed by atoms with E-state index in [-0.39, 0.29) is 24.4 Å². The Hall–Kier alpha value is -4.32. The summed E-state index contributed by atoms with van der Waals surface area (Å²) in [6, 6.07) is 14.3. The molecule has 1 fully saturated rings. The van der Waals surface area contributed by atoms with Crippen molar-refractivity contribution in [1.82, 2.24) is 29.6 Å². The largest absolute Gasteiger partial charge is 0.489 e. The highest BCUT2D eigenvalue weighted by Crippen LogP contribution is 2.28. The Balaban J connectivity index is 1.06. The van der Waals surface area contributed by atoms with E-state index < -0.39 is 5.76 Å². The topological polar surface area (TPSA) is 111 Å². The summed E-state index contributed by atoms with van der Waals surface area (Å²) in [6.45, 7) is 3.90. The lowest BCUT2D eigenvalue weighted by Gasteiger charge is -2.29. The molecule has 220 valence electrons. The van der Waals surface area contributed by atoms with Crippen molar-refractivity contribution in [3.05, 3.63) is 99.1 Å². The van der Waals surface area contributed by atoms with Crippen LogP contribution >= 0.6 is 11.6 Å². The molecule has 0 spiro atoms. The number of ether oxygens (including phenoxy) is 2. The van der Waals surface area contributed by atoms with Crippen LogP contribution in [-0.4, -0.2) is 55.4 Å². The molecule has 0 radical (unpaired) electrons. The molecule has 2 aromatic carbocycles. The first kappa shape index (κ1) is 27.5. The molecule has 0 unspecified atom stereocenters. The molecule has 1 atom stereocenters. The molecule has 0 saturated carbocycles. The number of nitrogens with zero attached hydrogens (tertiary/aromatic N) is 5. The second kappa shape index (κ2) is 11.8. The summed E-state index contributed by atoms with van der Waals surface area (Å²) < 4.78 is 32.6. The van der Waals surface area contributed by atoms with E-state index in [1.54, 1.807) is 18.3 Å². The summed E-state index contributed by atoms with van der Waals surface area (Å²) in [5.74, 6) is 0.876. The summed E-state index contributed by atoms with van der Waals surface area (Å²) >= 11 is 5.86. The number of pyridine rings is 1. The van der Waals surface area contributed by atoms with Crippen molar-refractivity contribution in [2.24, 2.45) is 0 Å². The van der Waals surface area contributed by atoms with Gasteiger partial charge in [-0.15, -0.1) is 0 Å². The molecule has 0 aliphatic carbocycles. The van der Waals surface area contributed by atoms with Crippen molar-refractivity contribution in [1.29, 1.82) is 0 Å². The molecule has 2 aliphatic heterocycles. The minimum Gasteiger partial charge on any atom is -0.489 e. The van der Waals surface area contributed by atoms with E-state index in [1.165, 1.54) is 11.6 Å². The van der Waals surface area contributed by atoms with Gasteiger partial charge in [-0.05, 0) is 54.3 Å². The summed E-state index contributed by atoms with van der Waals surface area (Å²) in [5, 5.41) is 4.11. The molecule has 5 aromatic rings. The van der Waals surface area contributed by atoms with Gasteiger partial charge in [0, 0.05) is 30.3 Å². The Morgan fingerprint density at radius 1 is 1.19 bits per heavy atom. The number of imidazole rings is 1. The molecule has 2 aliphatic rings. The Morgan fingerprint density at radius 3 is 2.84 bits per heavy atom. The third-order valence-electron chi connectivity index (χ3n) is 7.85. The van der Waals surface area contributed by atoms with Crippen LogP contribution in [0.1, 0.15) is 29.8 Å². The summed E-state index contributed by atoms with van der Waals surface area (Å²) in [7, 11) is 0. The molecule has 3 aromatic heterocycles. The summed E-state index contributed by atoms with van der Waals surface area (Å²) in [5.41, 5.74) is 4.95. The average molecular weight is 603 g/mol. The maximum absolute atomic E-state index is 14.2. The predicted molar refractivity (Wildman–Crippen MR) is 158 cm³/mol. The molecule has 1 N–H and O–H groups in total. The fourth-order valence-corrected chi connectivity index (χ4v) is 5.56. The second-order valence-electron chi connectivity index (χ2n) is 10.7. The molecule has 5 heterocycles. The zero-order valence-electron chi connectivity index (χ0n) is 23.1. The van der Waals surface area contributed by atoms with Gasteiger partial charge in [0.2, 0.25) is 5.82 Å². The molecule has 0 amide bonds. The molecular weight excluding hydrogens is 575 g/mol. The number of benzene rings is 2. The standard InChI is InChI=1S/C31H28ClFN6O4/c32-22-5-4-21(25(33)13-22)18-42-23-3-1-2-20(12-23)19-6-9-38(10-7-19)17-29-35-26-14-27(30-36-31(40)43-37-30)34-15-28(26)39(29)16-24-8-11-41-24/h1-6,12-15,24H,7-11,16-18H2,(H,36,37,40)/t24-/m0/s1. The van der Waals surface area contributed by atoms with Gasteiger partial charge in [0.1, 0.15) is 29.7 Å².